The number of hydrogen-bond donors (Lipinski definition) is 2. The predicted molar refractivity (Wildman–Crippen MR) is 124 cm³/mol. The maximum Gasteiger partial charge on any atom is 0.262 e. The van der Waals surface area contributed by atoms with Crippen molar-refractivity contribution in [1.82, 2.24) is 0 Å². The SMILES string of the molecule is Cc1cc(C)cc(NS(=O)(=O)c2ccc(OCC(=O)Nc3c(Cl)cccc3Cl)cc2)c1. The summed E-state index contributed by atoms with van der Waals surface area (Å²) in [5.74, 6) is -0.117. The third kappa shape index (κ3) is 6.13. The van der Waals surface area contributed by atoms with E-state index in [9.17, 15) is 13.2 Å². The summed E-state index contributed by atoms with van der Waals surface area (Å²) >= 11 is 12.0. The summed E-state index contributed by atoms with van der Waals surface area (Å²) in [6, 6.07) is 16.1. The first-order valence-corrected chi connectivity index (χ1v) is 11.5. The molecule has 0 aliphatic heterocycles. The van der Waals surface area contributed by atoms with E-state index in [0.29, 0.717) is 27.2 Å². The standard InChI is InChI=1S/C22H20Cl2N2O4S/c1-14-10-15(2)12-16(11-14)26-31(28,29)18-8-6-17(7-9-18)30-13-21(27)25-22-19(23)4-3-5-20(22)24/h3-12,26H,13H2,1-2H3,(H,25,27). The van der Waals surface area contributed by atoms with E-state index in [0.717, 1.165) is 11.1 Å². The van der Waals surface area contributed by atoms with Gasteiger partial charge in [-0.3, -0.25) is 9.52 Å². The Balaban J connectivity index is 1.62. The Labute approximate surface area is 191 Å². The van der Waals surface area contributed by atoms with E-state index in [4.69, 9.17) is 27.9 Å². The minimum Gasteiger partial charge on any atom is -0.484 e. The number of benzene rings is 3. The first-order valence-electron chi connectivity index (χ1n) is 9.22. The Morgan fingerprint density at radius 3 is 2.10 bits per heavy atom. The van der Waals surface area contributed by atoms with Crippen LogP contribution in [0.2, 0.25) is 10.0 Å². The molecule has 0 aliphatic rings. The van der Waals surface area contributed by atoms with Gasteiger partial charge in [-0.2, -0.15) is 0 Å². The average molecular weight is 479 g/mol. The summed E-state index contributed by atoms with van der Waals surface area (Å²) in [6.45, 7) is 3.49. The monoisotopic (exact) mass is 478 g/mol. The van der Waals surface area contributed by atoms with Gasteiger partial charge >= 0.3 is 0 Å². The second kappa shape index (κ2) is 9.60. The number of nitrogens with one attached hydrogen (secondary N) is 2. The normalized spacial score (nSPS) is 11.1. The first kappa shape index (κ1) is 22.9. The molecule has 0 radical (unpaired) electrons. The highest BCUT2D eigenvalue weighted by Crippen LogP contribution is 2.29. The summed E-state index contributed by atoms with van der Waals surface area (Å²) in [7, 11) is -3.76. The quantitative estimate of drug-likeness (QED) is 0.474. The molecule has 0 heterocycles. The number of carbonyl (C=O) groups is 1. The van der Waals surface area contributed by atoms with Gasteiger partial charge in [0.2, 0.25) is 0 Å². The molecule has 3 rings (SSSR count). The molecule has 1 amide bonds. The molecule has 0 atom stereocenters. The Bertz CT molecular complexity index is 1170. The van der Waals surface area contributed by atoms with Crippen LogP contribution in [0.4, 0.5) is 11.4 Å². The third-order valence-corrected chi connectivity index (χ3v) is 6.23. The lowest BCUT2D eigenvalue weighted by Gasteiger charge is -2.12. The number of aryl methyl sites for hydroxylation is 2. The molecule has 6 nitrogen and oxygen atoms in total. The van der Waals surface area contributed by atoms with Gasteiger partial charge < -0.3 is 10.1 Å². The number of rotatable bonds is 7. The maximum absolute atomic E-state index is 12.6. The van der Waals surface area contributed by atoms with Crippen LogP contribution in [0, 0.1) is 13.8 Å². The van der Waals surface area contributed by atoms with E-state index in [2.05, 4.69) is 10.0 Å². The molecule has 0 saturated heterocycles. The van der Waals surface area contributed by atoms with Gasteiger partial charge in [-0.15, -0.1) is 0 Å². The molecule has 162 valence electrons. The van der Waals surface area contributed by atoms with Crippen LogP contribution in [0.5, 0.6) is 5.75 Å². The van der Waals surface area contributed by atoms with Gasteiger partial charge in [0.05, 0.1) is 20.6 Å². The van der Waals surface area contributed by atoms with Crippen LogP contribution >= 0.6 is 23.2 Å². The number of para-hydroxylation sites is 1. The van der Waals surface area contributed by atoms with Crippen LogP contribution in [0.3, 0.4) is 0 Å². The number of carbonyl (C=O) groups excluding carboxylic acids is 1. The summed E-state index contributed by atoms with van der Waals surface area (Å²) in [5, 5.41) is 3.21. The summed E-state index contributed by atoms with van der Waals surface area (Å²) < 4.78 is 33.2. The third-order valence-electron chi connectivity index (χ3n) is 4.21. The van der Waals surface area contributed by atoms with E-state index >= 15 is 0 Å². The van der Waals surface area contributed by atoms with Gasteiger partial charge in [0, 0.05) is 5.69 Å². The van der Waals surface area contributed by atoms with E-state index in [1.807, 2.05) is 19.9 Å². The first-order chi connectivity index (χ1) is 14.6. The van der Waals surface area contributed by atoms with Gasteiger partial charge in [0.15, 0.2) is 6.61 Å². The predicted octanol–water partition coefficient (Wildman–Crippen LogP) is 5.43. The second-order valence-electron chi connectivity index (χ2n) is 6.89. The molecule has 0 unspecified atom stereocenters. The van der Waals surface area contributed by atoms with Crippen molar-refractivity contribution < 1.29 is 17.9 Å². The lowest BCUT2D eigenvalue weighted by molar-refractivity contribution is -0.118. The fourth-order valence-corrected chi connectivity index (χ4v) is 4.44. The van der Waals surface area contributed by atoms with Gasteiger partial charge in [-0.25, -0.2) is 8.42 Å². The van der Waals surface area contributed by atoms with Crippen molar-refractivity contribution in [1.29, 1.82) is 0 Å². The van der Waals surface area contributed by atoms with Crippen molar-refractivity contribution in [2.24, 2.45) is 0 Å². The van der Waals surface area contributed by atoms with Crippen molar-refractivity contribution in [3.05, 3.63) is 81.8 Å². The summed E-state index contributed by atoms with van der Waals surface area (Å²) in [6.07, 6.45) is 0. The van der Waals surface area contributed by atoms with Crippen molar-refractivity contribution >= 4 is 50.5 Å². The lowest BCUT2D eigenvalue weighted by atomic mass is 10.1. The zero-order valence-corrected chi connectivity index (χ0v) is 19.1. The number of halogens is 2. The number of anilines is 2. The molecule has 3 aromatic rings. The van der Waals surface area contributed by atoms with E-state index in [-0.39, 0.29) is 11.5 Å². The fraction of sp³-hybridized carbons (Fsp3) is 0.136. The molecule has 0 fully saturated rings. The molecule has 0 aromatic heterocycles. The molecule has 2 N–H and O–H groups in total. The van der Waals surface area contributed by atoms with Gasteiger partial charge in [-0.05, 0) is 73.5 Å². The highest BCUT2D eigenvalue weighted by atomic mass is 35.5. The maximum atomic E-state index is 12.6. The van der Waals surface area contributed by atoms with Crippen molar-refractivity contribution in [3.8, 4) is 5.75 Å². The van der Waals surface area contributed by atoms with E-state index in [1.165, 1.54) is 24.3 Å². The van der Waals surface area contributed by atoms with Gasteiger partial charge in [0.25, 0.3) is 15.9 Å². The Hall–Kier alpha value is -2.74. The van der Waals surface area contributed by atoms with Crippen LogP contribution < -0.4 is 14.8 Å². The smallest absolute Gasteiger partial charge is 0.262 e. The van der Waals surface area contributed by atoms with Crippen LogP contribution in [0.25, 0.3) is 0 Å². The average Bonchev–Trinajstić information content (AvgIpc) is 2.68. The minimum atomic E-state index is -3.76. The number of ether oxygens (including phenoxy) is 1. The molecule has 0 aliphatic carbocycles. The molecule has 31 heavy (non-hydrogen) atoms. The lowest BCUT2D eigenvalue weighted by Crippen LogP contribution is -2.20. The van der Waals surface area contributed by atoms with E-state index < -0.39 is 15.9 Å². The Kier molecular flexibility index (Phi) is 7.10. The summed E-state index contributed by atoms with van der Waals surface area (Å²) in [5.41, 5.74) is 2.71. The molecule has 0 saturated carbocycles. The fourth-order valence-electron chi connectivity index (χ4n) is 2.90. The molecular weight excluding hydrogens is 459 g/mol. The van der Waals surface area contributed by atoms with Crippen molar-refractivity contribution in [2.45, 2.75) is 18.7 Å². The van der Waals surface area contributed by atoms with Crippen LogP contribution in [-0.4, -0.2) is 20.9 Å². The molecule has 3 aromatic carbocycles. The van der Waals surface area contributed by atoms with Crippen LogP contribution in [0.1, 0.15) is 11.1 Å². The molecular formula is C22H20Cl2N2O4S. The Morgan fingerprint density at radius 2 is 1.52 bits per heavy atom. The molecule has 0 spiro atoms. The Morgan fingerprint density at radius 1 is 0.935 bits per heavy atom. The summed E-state index contributed by atoms with van der Waals surface area (Å²) in [4.78, 5) is 12.2. The van der Waals surface area contributed by atoms with Crippen molar-refractivity contribution in [3.63, 3.8) is 0 Å². The van der Waals surface area contributed by atoms with Gasteiger partial charge in [-0.1, -0.05) is 35.3 Å². The number of amides is 1. The number of hydrogen-bond acceptors (Lipinski definition) is 4. The zero-order chi connectivity index (χ0) is 22.6. The van der Waals surface area contributed by atoms with Crippen LogP contribution in [-0.2, 0) is 14.8 Å². The topological polar surface area (TPSA) is 84.5 Å². The highest BCUT2D eigenvalue weighted by Gasteiger charge is 2.15. The number of sulfonamides is 1. The van der Waals surface area contributed by atoms with Crippen LogP contribution in [0.15, 0.2) is 65.6 Å². The second-order valence-corrected chi connectivity index (χ2v) is 9.38. The minimum absolute atomic E-state index is 0.0753. The van der Waals surface area contributed by atoms with Crippen molar-refractivity contribution in [2.75, 3.05) is 16.6 Å². The molecule has 0 bridgehead atoms. The van der Waals surface area contributed by atoms with Gasteiger partial charge in [0.1, 0.15) is 5.75 Å². The zero-order valence-electron chi connectivity index (χ0n) is 16.8. The molecule has 9 heteroatoms. The largest absolute Gasteiger partial charge is 0.484 e. The highest BCUT2D eigenvalue weighted by molar-refractivity contribution is 7.92. The van der Waals surface area contributed by atoms with E-state index in [1.54, 1.807) is 30.3 Å².